The molecule has 2 aromatic carbocycles. The van der Waals surface area contributed by atoms with E-state index in [1.165, 1.54) is 39.5 Å². The number of hydrogen-bond donors (Lipinski definition) is 3. The van der Waals surface area contributed by atoms with Crippen molar-refractivity contribution >= 4 is 11.0 Å². The van der Waals surface area contributed by atoms with Crippen LogP contribution >= 0.6 is 0 Å². The van der Waals surface area contributed by atoms with Crippen molar-refractivity contribution in [1.29, 1.82) is 0 Å². The minimum Gasteiger partial charge on any atom is -0.504 e. The molecule has 8 nitrogen and oxygen atoms in total. The van der Waals surface area contributed by atoms with Crippen molar-refractivity contribution in [3.63, 3.8) is 0 Å². The molecule has 0 radical (unpaired) electrons. The fourth-order valence-corrected chi connectivity index (χ4v) is 2.68. The maximum atomic E-state index is 12.6. The molecule has 3 N–H and O–H groups in total. The maximum absolute atomic E-state index is 12.6. The fraction of sp³-hybridized carbons (Fsp3) is 0.167. The molecule has 3 aromatic rings. The van der Waals surface area contributed by atoms with Gasteiger partial charge in [-0.1, -0.05) is 0 Å². The Morgan fingerprint density at radius 2 is 1.50 bits per heavy atom. The normalized spacial score (nSPS) is 10.7. The van der Waals surface area contributed by atoms with Crippen LogP contribution in [0.1, 0.15) is 0 Å². The van der Waals surface area contributed by atoms with Crippen molar-refractivity contribution in [2.45, 2.75) is 0 Å². The third-order valence-electron chi connectivity index (χ3n) is 3.89. The highest BCUT2D eigenvalue weighted by molar-refractivity contribution is 5.95. The predicted octanol–water partition coefficient (Wildman–Crippen LogP) is 2.60. The summed E-state index contributed by atoms with van der Waals surface area (Å²) in [5, 5.41) is 29.4. The highest BCUT2D eigenvalue weighted by atomic mass is 16.5. The van der Waals surface area contributed by atoms with Crippen LogP contribution in [0.15, 0.2) is 33.5 Å². The van der Waals surface area contributed by atoms with Crippen LogP contribution in [0.5, 0.6) is 34.5 Å². The third-order valence-corrected chi connectivity index (χ3v) is 3.89. The molecule has 0 spiro atoms. The second kappa shape index (κ2) is 6.40. The van der Waals surface area contributed by atoms with E-state index in [0.717, 1.165) is 6.07 Å². The van der Waals surface area contributed by atoms with E-state index in [4.69, 9.17) is 18.6 Å². The monoisotopic (exact) mass is 360 g/mol. The molecule has 0 aliphatic heterocycles. The van der Waals surface area contributed by atoms with Gasteiger partial charge in [-0.25, -0.2) is 0 Å². The number of methoxy groups -OCH3 is 3. The van der Waals surface area contributed by atoms with Crippen LogP contribution in [0.3, 0.4) is 0 Å². The summed E-state index contributed by atoms with van der Waals surface area (Å²) in [6.45, 7) is 0. The first-order chi connectivity index (χ1) is 12.4. The minimum absolute atomic E-state index is 0.0438. The third kappa shape index (κ3) is 2.52. The van der Waals surface area contributed by atoms with Crippen LogP contribution in [-0.4, -0.2) is 36.6 Å². The zero-order valence-electron chi connectivity index (χ0n) is 14.2. The first-order valence-corrected chi connectivity index (χ1v) is 7.44. The Morgan fingerprint density at radius 3 is 2.08 bits per heavy atom. The SMILES string of the molecule is COc1c(OC)c(O)c2c(=O)cc(-c3ccc(O)c(O)c3)oc2c1OC. The minimum atomic E-state index is -0.550. The summed E-state index contributed by atoms with van der Waals surface area (Å²) in [6, 6.07) is 5.12. The van der Waals surface area contributed by atoms with Crippen LogP contribution in [0.4, 0.5) is 0 Å². The highest BCUT2D eigenvalue weighted by Gasteiger charge is 2.26. The van der Waals surface area contributed by atoms with Crippen molar-refractivity contribution in [1.82, 2.24) is 0 Å². The summed E-state index contributed by atoms with van der Waals surface area (Å²) in [6.07, 6.45) is 0. The number of hydrogen-bond acceptors (Lipinski definition) is 8. The topological polar surface area (TPSA) is 119 Å². The number of ether oxygens (including phenoxy) is 3. The van der Waals surface area contributed by atoms with Gasteiger partial charge in [0.2, 0.25) is 17.2 Å². The molecule has 8 heteroatoms. The number of aromatic hydroxyl groups is 3. The Hall–Kier alpha value is -3.55. The first-order valence-electron chi connectivity index (χ1n) is 7.44. The zero-order chi connectivity index (χ0) is 19.0. The Labute approximate surface area is 147 Å². The largest absolute Gasteiger partial charge is 0.504 e. The summed E-state index contributed by atoms with van der Waals surface area (Å²) in [4.78, 5) is 12.6. The number of phenolic OH excluding ortho intramolecular Hbond substituents is 3. The second-order valence-electron chi connectivity index (χ2n) is 5.33. The molecular weight excluding hydrogens is 344 g/mol. The standard InChI is InChI=1S/C18H16O8/c1-23-16-14(22)13-11(21)7-12(8-4-5-9(19)10(20)6-8)26-15(13)17(24-2)18(16)25-3/h4-7,19-20,22H,1-3H3. The average molecular weight is 360 g/mol. The molecule has 0 saturated heterocycles. The molecule has 1 aromatic heterocycles. The van der Waals surface area contributed by atoms with Gasteiger partial charge in [0, 0.05) is 11.6 Å². The zero-order valence-corrected chi connectivity index (χ0v) is 14.2. The first kappa shape index (κ1) is 17.3. The summed E-state index contributed by atoms with van der Waals surface area (Å²) in [5.41, 5.74) is -0.251. The van der Waals surface area contributed by atoms with Crippen LogP contribution in [-0.2, 0) is 0 Å². The van der Waals surface area contributed by atoms with Gasteiger partial charge in [0.25, 0.3) is 0 Å². The lowest BCUT2D eigenvalue weighted by atomic mass is 10.1. The van der Waals surface area contributed by atoms with Crippen molar-refractivity contribution in [3.05, 3.63) is 34.5 Å². The van der Waals surface area contributed by atoms with E-state index in [9.17, 15) is 20.1 Å². The smallest absolute Gasteiger partial charge is 0.211 e. The Balaban J connectivity index is 2.41. The van der Waals surface area contributed by atoms with Gasteiger partial charge < -0.3 is 33.9 Å². The lowest BCUT2D eigenvalue weighted by Gasteiger charge is -2.16. The summed E-state index contributed by atoms with van der Waals surface area (Å²) >= 11 is 0. The average Bonchev–Trinajstić information content (AvgIpc) is 2.63. The molecule has 0 unspecified atom stereocenters. The van der Waals surface area contributed by atoms with Gasteiger partial charge in [0.1, 0.15) is 11.1 Å². The van der Waals surface area contributed by atoms with E-state index in [1.54, 1.807) is 0 Å². The van der Waals surface area contributed by atoms with E-state index < -0.39 is 11.2 Å². The molecule has 26 heavy (non-hydrogen) atoms. The molecule has 0 bridgehead atoms. The predicted molar refractivity (Wildman–Crippen MR) is 92.6 cm³/mol. The van der Waals surface area contributed by atoms with Gasteiger partial charge in [0.05, 0.1) is 21.3 Å². The maximum Gasteiger partial charge on any atom is 0.211 e. The lowest BCUT2D eigenvalue weighted by Crippen LogP contribution is -2.05. The van der Waals surface area contributed by atoms with Gasteiger partial charge in [-0.15, -0.1) is 0 Å². The van der Waals surface area contributed by atoms with Gasteiger partial charge in [-0.05, 0) is 18.2 Å². The quantitative estimate of drug-likeness (QED) is 0.608. The van der Waals surface area contributed by atoms with Crippen LogP contribution in [0.2, 0.25) is 0 Å². The molecule has 0 fully saturated rings. The van der Waals surface area contributed by atoms with E-state index in [1.807, 2.05) is 0 Å². The molecule has 0 aliphatic rings. The van der Waals surface area contributed by atoms with Crippen LogP contribution in [0, 0.1) is 0 Å². The van der Waals surface area contributed by atoms with Crippen LogP contribution < -0.4 is 19.6 Å². The van der Waals surface area contributed by atoms with Gasteiger partial charge in [-0.3, -0.25) is 4.79 Å². The molecule has 136 valence electrons. The van der Waals surface area contributed by atoms with Gasteiger partial charge in [0.15, 0.2) is 28.3 Å². The molecule has 0 aliphatic carbocycles. The van der Waals surface area contributed by atoms with E-state index in [0.29, 0.717) is 5.56 Å². The number of benzene rings is 2. The van der Waals surface area contributed by atoms with Crippen molar-refractivity contribution < 1.29 is 33.9 Å². The highest BCUT2D eigenvalue weighted by Crippen LogP contribution is 2.50. The van der Waals surface area contributed by atoms with Gasteiger partial charge >= 0.3 is 0 Å². The van der Waals surface area contributed by atoms with E-state index in [2.05, 4.69) is 0 Å². The summed E-state index contributed by atoms with van der Waals surface area (Å²) < 4.78 is 21.4. The molecule has 1 heterocycles. The van der Waals surface area contributed by atoms with Crippen molar-refractivity contribution in [2.75, 3.05) is 21.3 Å². The van der Waals surface area contributed by atoms with E-state index >= 15 is 0 Å². The lowest BCUT2D eigenvalue weighted by molar-refractivity contribution is 0.311. The summed E-state index contributed by atoms with van der Waals surface area (Å²) in [7, 11) is 4.02. The molecule has 3 rings (SSSR count). The fourth-order valence-electron chi connectivity index (χ4n) is 2.68. The summed E-state index contributed by atoms with van der Waals surface area (Å²) in [5.74, 6) is -0.935. The Morgan fingerprint density at radius 1 is 0.846 bits per heavy atom. The number of rotatable bonds is 4. The molecule has 0 saturated carbocycles. The molecule has 0 amide bonds. The Kier molecular flexibility index (Phi) is 4.25. The number of phenols is 3. The van der Waals surface area contributed by atoms with Crippen molar-refractivity contribution in [3.8, 4) is 45.8 Å². The van der Waals surface area contributed by atoms with E-state index in [-0.39, 0.29) is 45.5 Å². The van der Waals surface area contributed by atoms with Gasteiger partial charge in [-0.2, -0.15) is 0 Å². The Bertz CT molecular complexity index is 1050. The second-order valence-corrected chi connectivity index (χ2v) is 5.33. The number of fused-ring (bicyclic) bond motifs is 1. The van der Waals surface area contributed by atoms with Crippen LogP contribution in [0.25, 0.3) is 22.3 Å². The van der Waals surface area contributed by atoms with Crippen molar-refractivity contribution in [2.24, 2.45) is 0 Å². The molecular formula is C18H16O8. The molecule has 0 atom stereocenters.